The Kier molecular flexibility index (Phi) is 5.92. The molecule has 1 atom stereocenters. The molecule has 170 valence electrons. The summed E-state index contributed by atoms with van der Waals surface area (Å²) in [6.45, 7) is 1.47. The number of nitrogens with zero attached hydrogens (tertiary/aromatic N) is 4. The summed E-state index contributed by atoms with van der Waals surface area (Å²) in [7, 11) is 3.61. The summed E-state index contributed by atoms with van der Waals surface area (Å²) in [6.07, 6.45) is -4.70. The summed E-state index contributed by atoms with van der Waals surface area (Å²) in [4.78, 5) is 32.2. The van der Waals surface area contributed by atoms with Crippen molar-refractivity contribution in [3.05, 3.63) is 57.0 Å². The van der Waals surface area contributed by atoms with E-state index in [-0.39, 0.29) is 22.7 Å². The molecule has 2 amide bonds. The minimum Gasteiger partial charge on any atom is -0.476 e. The first-order valence-electron chi connectivity index (χ1n) is 9.06. The van der Waals surface area contributed by atoms with E-state index in [1.54, 1.807) is 0 Å². The molecule has 10 nitrogen and oxygen atoms in total. The highest BCUT2D eigenvalue weighted by molar-refractivity contribution is 5.87. The van der Waals surface area contributed by atoms with Crippen molar-refractivity contribution in [2.24, 2.45) is 0 Å². The number of likely N-dealkylation sites (N-methyl/N-ethyl adjacent to an activating group) is 1. The third-order valence-electron chi connectivity index (χ3n) is 4.87. The minimum atomic E-state index is -4.70. The SMILES string of the molecule is COc1nc(C2=C(C)NC(=O)N(C)C2c2ccccc2C(F)(F)F)nc(OC)c1[N+](=O)[O-]. The molecule has 0 spiro atoms. The first kappa shape index (κ1) is 22.8. The van der Waals surface area contributed by atoms with E-state index in [2.05, 4.69) is 15.3 Å². The van der Waals surface area contributed by atoms with E-state index < -0.39 is 46.2 Å². The van der Waals surface area contributed by atoms with Crippen LogP contribution >= 0.6 is 0 Å². The van der Waals surface area contributed by atoms with E-state index in [1.165, 1.54) is 32.2 Å². The molecule has 1 N–H and O–H groups in total. The van der Waals surface area contributed by atoms with E-state index in [0.29, 0.717) is 0 Å². The summed E-state index contributed by atoms with van der Waals surface area (Å²) in [5.41, 5.74) is -1.54. The zero-order valence-electron chi connectivity index (χ0n) is 17.4. The number of aromatic nitrogens is 2. The van der Waals surface area contributed by atoms with E-state index in [4.69, 9.17) is 9.47 Å². The fourth-order valence-electron chi connectivity index (χ4n) is 3.46. The number of ether oxygens (including phenoxy) is 2. The van der Waals surface area contributed by atoms with Gasteiger partial charge in [0, 0.05) is 18.3 Å². The van der Waals surface area contributed by atoms with E-state index >= 15 is 0 Å². The summed E-state index contributed by atoms with van der Waals surface area (Å²) < 4.78 is 51.3. The molecule has 1 aromatic carbocycles. The third kappa shape index (κ3) is 3.88. The number of allylic oxidation sites excluding steroid dienone is 1. The summed E-state index contributed by atoms with van der Waals surface area (Å²) in [5, 5.41) is 13.9. The molecule has 2 aromatic rings. The van der Waals surface area contributed by atoms with Gasteiger partial charge in [-0.3, -0.25) is 10.1 Å². The first-order chi connectivity index (χ1) is 15.0. The van der Waals surface area contributed by atoms with Crippen molar-refractivity contribution in [3.63, 3.8) is 0 Å². The van der Waals surface area contributed by atoms with Gasteiger partial charge in [-0.2, -0.15) is 23.1 Å². The number of urea groups is 1. The molecule has 1 unspecified atom stereocenters. The first-order valence-corrected chi connectivity index (χ1v) is 9.06. The molecule has 3 rings (SSSR count). The lowest BCUT2D eigenvalue weighted by molar-refractivity contribution is -0.387. The number of carbonyl (C=O) groups is 1. The number of carbonyl (C=O) groups excluding carboxylic acids is 1. The molecule has 0 radical (unpaired) electrons. The van der Waals surface area contributed by atoms with Gasteiger partial charge in [-0.1, -0.05) is 18.2 Å². The van der Waals surface area contributed by atoms with Gasteiger partial charge in [0.15, 0.2) is 5.82 Å². The Morgan fingerprint density at radius 1 is 1.16 bits per heavy atom. The van der Waals surface area contributed by atoms with Crippen molar-refractivity contribution in [1.82, 2.24) is 20.2 Å². The fraction of sp³-hybridized carbons (Fsp3) is 0.316. The lowest BCUT2D eigenvalue weighted by Crippen LogP contribution is -2.45. The highest BCUT2D eigenvalue weighted by Gasteiger charge is 2.42. The van der Waals surface area contributed by atoms with Crippen molar-refractivity contribution < 1.29 is 32.4 Å². The van der Waals surface area contributed by atoms with Gasteiger partial charge >= 0.3 is 29.7 Å². The molecule has 13 heteroatoms. The van der Waals surface area contributed by atoms with Gasteiger partial charge < -0.3 is 19.7 Å². The lowest BCUT2D eigenvalue weighted by Gasteiger charge is -2.36. The number of halogens is 3. The van der Waals surface area contributed by atoms with Crippen LogP contribution < -0.4 is 14.8 Å². The maximum atomic E-state index is 13.8. The molecule has 32 heavy (non-hydrogen) atoms. The second kappa shape index (κ2) is 8.32. The Labute approximate surface area is 179 Å². The predicted molar refractivity (Wildman–Crippen MR) is 105 cm³/mol. The van der Waals surface area contributed by atoms with Crippen LogP contribution in [0.25, 0.3) is 5.57 Å². The maximum Gasteiger partial charge on any atom is 0.416 e. The van der Waals surface area contributed by atoms with Gasteiger partial charge in [0.2, 0.25) is 0 Å². The quantitative estimate of drug-likeness (QED) is 0.543. The van der Waals surface area contributed by atoms with Gasteiger partial charge in [-0.15, -0.1) is 0 Å². The monoisotopic (exact) mass is 453 g/mol. The number of amides is 2. The molecule has 1 aromatic heterocycles. The molecule has 0 saturated carbocycles. The number of benzene rings is 1. The van der Waals surface area contributed by atoms with Gasteiger partial charge in [-0.05, 0) is 18.6 Å². The molecular weight excluding hydrogens is 435 g/mol. The summed E-state index contributed by atoms with van der Waals surface area (Å²) in [6, 6.07) is 2.90. The zero-order valence-corrected chi connectivity index (χ0v) is 17.4. The highest BCUT2D eigenvalue weighted by atomic mass is 19.4. The fourth-order valence-corrected chi connectivity index (χ4v) is 3.46. The number of hydrogen-bond donors (Lipinski definition) is 1. The van der Waals surface area contributed by atoms with Crippen LogP contribution in [0.3, 0.4) is 0 Å². The topological polar surface area (TPSA) is 120 Å². The Morgan fingerprint density at radius 3 is 2.22 bits per heavy atom. The van der Waals surface area contributed by atoms with Crippen LogP contribution in [0, 0.1) is 10.1 Å². The van der Waals surface area contributed by atoms with Crippen molar-refractivity contribution >= 4 is 17.3 Å². The number of alkyl halides is 3. The van der Waals surface area contributed by atoms with Crippen molar-refractivity contribution in [2.45, 2.75) is 19.1 Å². The van der Waals surface area contributed by atoms with Crippen LogP contribution in [0.1, 0.15) is 29.9 Å². The van der Waals surface area contributed by atoms with Crippen molar-refractivity contribution in [2.75, 3.05) is 21.3 Å². The van der Waals surface area contributed by atoms with Crippen LogP contribution in [-0.2, 0) is 6.18 Å². The number of nitro groups is 1. The van der Waals surface area contributed by atoms with Gasteiger partial charge in [0.1, 0.15) is 0 Å². The molecule has 1 aliphatic heterocycles. The van der Waals surface area contributed by atoms with Gasteiger partial charge in [0.25, 0.3) is 0 Å². The Balaban J connectivity index is 2.33. The molecular formula is C19H18F3N5O5. The van der Waals surface area contributed by atoms with Crippen LogP contribution in [0.5, 0.6) is 11.8 Å². The van der Waals surface area contributed by atoms with Gasteiger partial charge in [0.05, 0.1) is 30.7 Å². The number of nitrogens with one attached hydrogen (secondary N) is 1. The smallest absolute Gasteiger partial charge is 0.416 e. The molecule has 0 saturated heterocycles. The van der Waals surface area contributed by atoms with E-state index in [1.807, 2.05) is 0 Å². The standard InChI is InChI=1S/C19H18F3N5O5/c1-9-12(15-24-16(31-3)14(27(29)30)17(25-15)32-4)13(26(2)18(28)23-9)10-7-5-6-8-11(10)19(20,21)22/h5-8,13H,1-4H3,(H,23,28). The largest absolute Gasteiger partial charge is 0.476 e. The molecule has 0 bridgehead atoms. The summed E-state index contributed by atoms with van der Waals surface area (Å²) in [5.74, 6) is -1.09. The van der Waals surface area contributed by atoms with E-state index in [0.717, 1.165) is 25.2 Å². The number of rotatable bonds is 5. The molecule has 1 aliphatic rings. The van der Waals surface area contributed by atoms with Crippen molar-refractivity contribution in [3.8, 4) is 11.8 Å². The van der Waals surface area contributed by atoms with Crippen LogP contribution in [0.4, 0.5) is 23.7 Å². The summed E-state index contributed by atoms with van der Waals surface area (Å²) >= 11 is 0. The maximum absolute atomic E-state index is 13.8. The van der Waals surface area contributed by atoms with Crippen LogP contribution in [0.2, 0.25) is 0 Å². The predicted octanol–water partition coefficient (Wildman–Crippen LogP) is 3.55. The average molecular weight is 453 g/mol. The Hall–Kier alpha value is -3.90. The normalized spacial score (nSPS) is 16.7. The minimum absolute atomic E-state index is 0.0929. The molecule has 0 aliphatic carbocycles. The van der Waals surface area contributed by atoms with Crippen LogP contribution in [0.15, 0.2) is 30.0 Å². The second-order valence-electron chi connectivity index (χ2n) is 6.74. The Morgan fingerprint density at radius 2 is 1.72 bits per heavy atom. The third-order valence-corrected chi connectivity index (χ3v) is 4.87. The Bertz CT molecular complexity index is 1090. The van der Waals surface area contributed by atoms with Gasteiger partial charge in [-0.25, -0.2) is 4.79 Å². The van der Waals surface area contributed by atoms with E-state index in [9.17, 15) is 28.1 Å². The number of methoxy groups -OCH3 is 2. The zero-order chi connectivity index (χ0) is 23.8. The van der Waals surface area contributed by atoms with Crippen LogP contribution in [-0.4, -0.2) is 47.1 Å². The molecule has 0 fully saturated rings. The average Bonchev–Trinajstić information content (AvgIpc) is 2.74. The molecule has 2 heterocycles. The number of hydrogen-bond acceptors (Lipinski definition) is 7. The van der Waals surface area contributed by atoms with Crippen molar-refractivity contribution in [1.29, 1.82) is 0 Å². The lowest BCUT2D eigenvalue weighted by atomic mass is 9.90. The second-order valence-corrected chi connectivity index (χ2v) is 6.74. The highest BCUT2D eigenvalue weighted by Crippen LogP contribution is 2.44.